The molecule has 7 nitrogen and oxygen atoms in total. The van der Waals surface area contributed by atoms with Gasteiger partial charge in [-0.3, -0.25) is 4.90 Å². The van der Waals surface area contributed by atoms with E-state index in [1.54, 1.807) is 12.3 Å². The van der Waals surface area contributed by atoms with E-state index in [2.05, 4.69) is 25.4 Å². The van der Waals surface area contributed by atoms with Crippen molar-refractivity contribution in [2.24, 2.45) is 0 Å². The fourth-order valence-corrected chi connectivity index (χ4v) is 3.43. The van der Waals surface area contributed by atoms with Crippen LogP contribution in [0.25, 0.3) is 11.3 Å². The van der Waals surface area contributed by atoms with E-state index in [0.29, 0.717) is 23.8 Å². The molecular formula is C18H25N5O2. The number of benzene rings is 1. The van der Waals surface area contributed by atoms with Gasteiger partial charge >= 0.3 is 0 Å². The summed E-state index contributed by atoms with van der Waals surface area (Å²) >= 11 is 0. The van der Waals surface area contributed by atoms with Gasteiger partial charge in [0.15, 0.2) is 0 Å². The van der Waals surface area contributed by atoms with Gasteiger partial charge in [0, 0.05) is 24.7 Å². The van der Waals surface area contributed by atoms with Gasteiger partial charge in [0.25, 0.3) is 0 Å². The van der Waals surface area contributed by atoms with Crippen LogP contribution in [0.4, 0.5) is 5.95 Å². The lowest BCUT2D eigenvalue weighted by Crippen LogP contribution is -2.43. The largest absolute Gasteiger partial charge is 0.507 e. The highest BCUT2D eigenvalue weighted by Crippen LogP contribution is 2.31. The molecule has 2 heterocycles. The number of nitrogens with one attached hydrogen (secondary N) is 1. The molecular weight excluding hydrogens is 318 g/mol. The topological polar surface area (TPSA) is 94.4 Å². The summed E-state index contributed by atoms with van der Waals surface area (Å²) in [6.07, 6.45) is 3.77. The molecule has 0 aliphatic carbocycles. The number of phenols is 1. The van der Waals surface area contributed by atoms with Crippen LogP contribution in [-0.2, 0) is 0 Å². The fraction of sp³-hybridized carbons (Fsp3) is 0.500. The van der Waals surface area contributed by atoms with Crippen molar-refractivity contribution in [2.75, 3.05) is 31.6 Å². The van der Waals surface area contributed by atoms with Crippen molar-refractivity contribution in [1.29, 1.82) is 0 Å². The molecule has 1 saturated heterocycles. The summed E-state index contributed by atoms with van der Waals surface area (Å²) in [5.41, 5.74) is 3.18. The van der Waals surface area contributed by atoms with E-state index in [-0.39, 0.29) is 18.4 Å². The van der Waals surface area contributed by atoms with Gasteiger partial charge in [-0.05, 0) is 50.4 Å². The molecule has 0 spiro atoms. The van der Waals surface area contributed by atoms with E-state index in [0.717, 1.165) is 37.1 Å². The highest BCUT2D eigenvalue weighted by molar-refractivity contribution is 5.70. The Balaban J connectivity index is 1.71. The van der Waals surface area contributed by atoms with Crippen LogP contribution >= 0.6 is 0 Å². The number of aromatic nitrogens is 3. The molecule has 0 saturated carbocycles. The molecule has 7 heteroatoms. The minimum atomic E-state index is 0.179. The standard InChI is InChI=1S/C18H25N5O2/c1-12-8-13(2)17(16(25)9-12)15-10-19-18(22-21-15)20-14-4-3-5-23(11-14)6-7-24/h8-10,14,24-25H,3-7,11H2,1-2H3,(H,19,20,22)/t14-/m1/s1. The summed E-state index contributed by atoms with van der Waals surface area (Å²) < 4.78 is 0. The molecule has 1 aromatic heterocycles. The molecule has 3 N–H and O–H groups in total. The highest BCUT2D eigenvalue weighted by Gasteiger charge is 2.20. The molecule has 1 aliphatic rings. The first-order valence-electron chi connectivity index (χ1n) is 8.67. The van der Waals surface area contributed by atoms with E-state index in [1.165, 1.54) is 0 Å². The number of aryl methyl sites for hydroxylation is 2. The number of rotatable bonds is 5. The number of aromatic hydroxyl groups is 1. The monoisotopic (exact) mass is 343 g/mol. The summed E-state index contributed by atoms with van der Waals surface area (Å²) in [5.74, 6) is 0.685. The van der Waals surface area contributed by atoms with E-state index >= 15 is 0 Å². The lowest BCUT2D eigenvalue weighted by molar-refractivity contribution is 0.166. The smallest absolute Gasteiger partial charge is 0.242 e. The molecule has 1 atom stereocenters. The van der Waals surface area contributed by atoms with Gasteiger partial charge in [0.2, 0.25) is 5.95 Å². The van der Waals surface area contributed by atoms with Crippen molar-refractivity contribution < 1.29 is 10.2 Å². The Morgan fingerprint density at radius 3 is 2.80 bits per heavy atom. The number of hydrogen-bond acceptors (Lipinski definition) is 7. The number of phenolic OH excluding ortho intramolecular Hbond substituents is 1. The molecule has 25 heavy (non-hydrogen) atoms. The Hall–Kier alpha value is -2.25. The molecule has 134 valence electrons. The van der Waals surface area contributed by atoms with Crippen LogP contribution < -0.4 is 5.32 Å². The van der Waals surface area contributed by atoms with E-state index in [9.17, 15) is 5.11 Å². The SMILES string of the molecule is Cc1cc(C)c(-c2cnc(N[C@@H]3CCCN(CCO)C3)nn2)c(O)c1. The maximum atomic E-state index is 10.2. The molecule has 1 aliphatic heterocycles. The lowest BCUT2D eigenvalue weighted by Gasteiger charge is -2.32. The van der Waals surface area contributed by atoms with Gasteiger partial charge in [0.05, 0.1) is 12.8 Å². The van der Waals surface area contributed by atoms with Crippen LogP contribution in [0.3, 0.4) is 0 Å². The minimum absolute atomic E-state index is 0.179. The first-order valence-corrected chi connectivity index (χ1v) is 8.67. The van der Waals surface area contributed by atoms with Crippen LogP contribution in [-0.4, -0.2) is 62.6 Å². The molecule has 0 unspecified atom stereocenters. The average Bonchev–Trinajstić information content (AvgIpc) is 2.56. The number of piperidine rings is 1. The van der Waals surface area contributed by atoms with Gasteiger partial charge in [-0.2, -0.15) is 0 Å². The van der Waals surface area contributed by atoms with Crippen LogP contribution in [0.1, 0.15) is 24.0 Å². The lowest BCUT2D eigenvalue weighted by atomic mass is 10.0. The Labute approximate surface area is 147 Å². The molecule has 2 aromatic rings. The molecule has 0 bridgehead atoms. The third kappa shape index (κ3) is 4.24. The zero-order valence-electron chi connectivity index (χ0n) is 14.7. The number of β-amino-alcohol motifs (C(OH)–C–C–N with tert-alkyl or cyclic N) is 1. The third-order valence-electron chi connectivity index (χ3n) is 4.53. The van der Waals surface area contributed by atoms with Crippen molar-refractivity contribution in [1.82, 2.24) is 20.1 Å². The van der Waals surface area contributed by atoms with Crippen LogP contribution in [0.5, 0.6) is 5.75 Å². The first-order chi connectivity index (χ1) is 12.1. The zero-order chi connectivity index (χ0) is 17.8. The van der Waals surface area contributed by atoms with Crippen molar-refractivity contribution in [3.05, 3.63) is 29.5 Å². The van der Waals surface area contributed by atoms with Crippen LogP contribution in [0, 0.1) is 13.8 Å². The third-order valence-corrected chi connectivity index (χ3v) is 4.53. The van der Waals surface area contributed by atoms with E-state index in [1.807, 2.05) is 19.9 Å². The number of hydrogen-bond donors (Lipinski definition) is 3. The molecule has 0 radical (unpaired) electrons. The number of aliphatic hydroxyl groups is 1. The zero-order valence-corrected chi connectivity index (χ0v) is 14.7. The number of anilines is 1. The summed E-state index contributed by atoms with van der Waals surface area (Å²) in [5, 5.41) is 31.0. The van der Waals surface area contributed by atoms with Crippen LogP contribution in [0.2, 0.25) is 0 Å². The predicted octanol–water partition coefficient (Wildman–Crippen LogP) is 1.73. The van der Waals surface area contributed by atoms with Gasteiger partial charge in [-0.15, -0.1) is 10.2 Å². The average molecular weight is 343 g/mol. The van der Waals surface area contributed by atoms with Crippen molar-refractivity contribution >= 4 is 5.95 Å². The Morgan fingerprint density at radius 2 is 2.12 bits per heavy atom. The quantitative estimate of drug-likeness (QED) is 0.761. The maximum absolute atomic E-state index is 10.2. The molecule has 1 fully saturated rings. The summed E-state index contributed by atoms with van der Waals surface area (Å²) in [4.78, 5) is 6.59. The minimum Gasteiger partial charge on any atom is -0.507 e. The van der Waals surface area contributed by atoms with E-state index in [4.69, 9.17) is 5.11 Å². The Morgan fingerprint density at radius 1 is 1.28 bits per heavy atom. The van der Waals surface area contributed by atoms with Crippen LogP contribution in [0.15, 0.2) is 18.3 Å². The highest BCUT2D eigenvalue weighted by atomic mass is 16.3. The summed E-state index contributed by atoms with van der Waals surface area (Å²) in [6, 6.07) is 3.97. The van der Waals surface area contributed by atoms with Crippen molar-refractivity contribution in [2.45, 2.75) is 32.7 Å². The van der Waals surface area contributed by atoms with Gasteiger partial charge in [0.1, 0.15) is 11.4 Å². The Bertz CT molecular complexity index is 695. The van der Waals surface area contributed by atoms with Crippen molar-refractivity contribution in [3.8, 4) is 17.0 Å². The van der Waals surface area contributed by atoms with Gasteiger partial charge in [-0.1, -0.05) is 6.07 Å². The number of aliphatic hydroxyl groups excluding tert-OH is 1. The molecule has 3 rings (SSSR count). The second-order valence-corrected chi connectivity index (χ2v) is 6.65. The second kappa shape index (κ2) is 7.76. The number of likely N-dealkylation sites (tertiary alicyclic amines) is 1. The fourth-order valence-electron chi connectivity index (χ4n) is 3.43. The second-order valence-electron chi connectivity index (χ2n) is 6.65. The maximum Gasteiger partial charge on any atom is 0.242 e. The predicted molar refractivity (Wildman–Crippen MR) is 96.6 cm³/mol. The summed E-state index contributed by atoms with van der Waals surface area (Å²) in [6.45, 7) is 6.64. The van der Waals surface area contributed by atoms with Gasteiger partial charge < -0.3 is 15.5 Å². The Kier molecular flexibility index (Phi) is 5.45. The molecule has 0 amide bonds. The van der Waals surface area contributed by atoms with Gasteiger partial charge in [-0.25, -0.2) is 4.98 Å². The summed E-state index contributed by atoms with van der Waals surface area (Å²) in [7, 11) is 0. The first kappa shape index (κ1) is 17.6. The van der Waals surface area contributed by atoms with Crippen molar-refractivity contribution in [3.63, 3.8) is 0 Å². The normalized spacial score (nSPS) is 18.3. The molecule has 1 aromatic carbocycles. The number of nitrogens with zero attached hydrogens (tertiary/aromatic N) is 4. The van der Waals surface area contributed by atoms with E-state index < -0.39 is 0 Å².